The van der Waals surface area contributed by atoms with Crippen LogP contribution in [0.25, 0.3) is 0 Å². The maximum Gasteiger partial charge on any atom is 0.241 e. The third-order valence-electron chi connectivity index (χ3n) is 3.97. The third kappa shape index (κ3) is 3.71. The lowest BCUT2D eigenvalue weighted by atomic mass is 10.1. The maximum atomic E-state index is 12.4. The van der Waals surface area contributed by atoms with E-state index in [0.717, 1.165) is 32.1 Å². The Morgan fingerprint density at radius 2 is 1.89 bits per heavy atom. The molecule has 1 rings (SSSR count). The molecule has 3 heteroatoms. The molecule has 0 saturated carbocycles. The molecule has 0 bridgehead atoms. The van der Waals surface area contributed by atoms with Crippen LogP contribution in [0.1, 0.15) is 72.6 Å². The normalized spacial score (nSPS) is 25.8. The second-order valence-electron chi connectivity index (χ2n) is 5.52. The third-order valence-corrected chi connectivity index (χ3v) is 3.97. The number of hydrogen-bond donors (Lipinski definition) is 1. The highest BCUT2D eigenvalue weighted by atomic mass is 16.2. The van der Waals surface area contributed by atoms with Gasteiger partial charge in [0, 0.05) is 6.04 Å². The summed E-state index contributed by atoms with van der Waals surface area (Å²) in [4.78, 5) is 14.6. The zero-order valence-corrected chi connectivity index (χ0v) is 12.5. The number of amides is 1. The van der Waals surface area contributed by atoms with Crippen LogP contribution in [0.5, 0.6) is 0 Å². The molecule has 0 radical (unpaired) electrons. The van der Waals surface area contributed by atoms with Crippen molar-refractivity contribution in [3.8, 4) is 0 Å². The van der Waals surface area contributed by atoms with Gasteiger partial charge in [-0.05, 0) is 26.2 Å². The first-order valence-electron chi connectivity index (χ1n) is 7.73. The van der Waals surface area contributed by atoms with E-state index in [2.05, 4.69) is 37.9 Å². The summed E-state index contributed by atoms with van der Waals surface area (Å²) in [5.74, 6) is 0.332. The van der Waals surface area contributed by atoms with Crippen molar-refractivity contribution in [2.75, 3.05) is 0 Å². The van der Waals surface area contributed by atoms with Crippen molar-refractivity contribution in [3.05, 3.63) is 0 Å². The minimum atomic E-state index is 0.0685. The quantitative estimate of drug-likeness (QED) is 0.721. The van der Waals surface area contributed by atoms with Gasteiger partial charge < -0.3 is 4.90 Å². The summed E-state index contributed by atoms with van der Waals surface area (Å²) in [5, 5.41) is 3.51. The molecule has 0 aromatic heterocycles. The van der Waals surface area contributed by atoms with Crippen LogP contribution in [0, 0.1) is 0 Å². The fraction of sp³-hybridized carbons (Fsp3) is 0.933. The van der Waals surface area contributed by atoms with Crippen LogP contribution < -0.4 is 5.32 Å². The number of carbonyl (C=O) groups excluding carboxylic acids is 1. The standard InChI is InChI=1S/C15H30N2O/c1-5-8-10-12(4)17-14(7-3)16-13(15(17)18)11-9-6-2/h12-14,16H,5-11H2,1-4H3. The molecule has 0 aromatic carbocycles. The molecule has 1 N–H and O–H groups in total. The lowest BCUT2D eigenvalue weighted by Gasteiger charge is -2.29. The van der Waals surface area contributed by atoms with Crippen LogP contribution in [-0.2, 0) is 4.79 Å². The summed E-state index contributed by atoms with van der Waals surface area (Å²) in [6.45, 7) is 8.74. The van der Waals surface area contributed by atoms with E-state index in [9.17, 15) is 4.79 Å². The van der Waals surface area contributed by atoms with Gasteiger partial charge in [0.2, 0.25) is 5.91 Å². The van der Waals surface area contributed by atoms with Gasteiger partial charge in [0.25, 0.3) is 0 Å². The number of carbonyl (C=O) groups is 1. The SMILES string of the molecule is CCCCC1NC(CC)N(C(C)CCCC)C1=O. The van der Waals surface area contributed by atoms with E-state index in [1.54, 1.807) is 0 Å². The topological polar surface area (TPSA) is 32.3 Å². The predicted molar refractivity (Wildman–Crippen MR) is 76.4 cm³/mol. The molecule has 106 valence electrons. The molecule has 1 aliphatic rings. The van der Waals surface area contributed by atoms with Gasteiger partial charge in [-0.2, -0.15) is 0 Å². The first kappa shape index (κ1) is 15.5. The van der Waals surface area contributed by atoms with Crippen LogP contribution in [0.3, 0.4) is 0 Å². The Bertz CT molecular complexity index is 255. The summed E-state index contributed by atoms with van der Waals surface area (Å²) < 4.78 is 0. The Hall–Kier alpha value is -0.570. The summed E-state index contributed by atoms with van der Waals surface area (Å²) in [7, 11) is 0. The van der Waals surface area contributed by atoms with E-state index < -0.39 is 0 Å². The fourth-order valence-electron chi connectivity index (χ4n) is 2.81. The van der Waals surface area contributed by atoms with Crippen molar-refractivity contribution in [2.45, 2.75) is 90.9 Å². The fourth-order valence-corrected chi connectivity index (χ4v) is 2.81. The lowest BCUT2D eigenvalue weighted by molar-refractivity contribution is -0.132. The molecule has 1 amide bonds. The Kier molecular flexibility index (Phi) is 6.69. The predicted octanol–water partition coefficient (Wildman–Crippen LogP) is 3.29. The lowest BCUT2D eigenvalue weighted by Crippen LogP contribution is -2.42. The number of unbranched alkanes of at least 4 members (excludes halogenated alkanes) is 2. The highest BCUT2D eigenvalue weighted by Crippen LogP contribution is 2.22. The van der Waals surface area contributed by atoms with Crippen molar-refractivity contribution in [1.82, 2.24) is 10.2 Å². The molecule has 0 aliphatic carbocycles. The summed E-state index contributed by atoms with van der Waals surface area (Å²) in [6, 6.07) is 0.445. The van der Waals surface area contributed by atoms with Crippen molar-refractivity contribution in [1.29, 1.82) is 0 Å². The molecule has 1 fully saturated rings. The van der Waals surface area contributed by atoms with Crippen LogP contribution in [0.4, 0.5) is 0 Å². The van der Waals surface area contributed by atoms with Gasteiger partial charge in [-0.3, -0.25) is 10.1 Å². The summed E-state index contributed by atoms with van der Waals surface area (Å²) in [6.07, 6.45) is 8.09. The highest BCUT2D eigenvalue weighted by molar-refractivity contribution is 5.84. The molecular formula is C15H30N2O. The Morgan fingerprint density at radius 1 is 1.22 bits per heavy atom. The van der Waals surface area contributed by atoms with Gasteiger partial charge in [0.1, 0.15) is 0 Å². The van der Waals surface area contributed by atoms with Gasteiger partial charge in [-0.25, -0.2) is 0 Å². The number of nitrogens with zero attached hydrogens (tertiary/aromatic N) is 1. The van der Waals surface area contributed by atoms with E-state index in [1.807, 2.05) is 0 Å². The first-order chi connectivity index (χ1) is 8.65. The van der Waals surface area contributed by atoms with Gasteiger partial charge in [0.15, 0.2) is 0 Å². The largest absolute Gasteiger partial charge is 0.323 e. The number of rotatable bonds is 8. The average Bonchev–Trinajstić information content (AvgIpc) is 2.70. The Balaban J connectivity index is 2.60. The molecule has 1 heterocycles. The highest BCUT2D eigenvalue weighted by Gasteiger charge is 2.39. The molecule has 3 atom stereocenters. The van der Waals surface area contributed by atoms with Crippen LogP contribution >= 0.6 is 0 Å². The van der Waals surface area contributed by atoms with Gasteiger partial charge in [-0.1, -0.05) is 46.5 Å². The monoisotopic (exact) mass is 254 g/mol. The second-order valence-corrected chi connectivity index (χ2v) is 5.52. The molecule has 1 saturated heterocycles. The van der Waals surface area contributed by atoms with Gasteiger partial charge in [0.05, 0.1) is 12.2 Å². The molecule has 1 aliphatic heterocycles. The van der Waals surface area contributed by atoms with Crippen molar-refractivity contribution < 1.29 is 4.79 Å². The Labute approximate surface area is 112 Å². The zero-order valence-electron chi connectivity index (χ0n) is 12.5. The van der Waals surface area contributed by atoms with Crippen LogP contribution in [0.15, 0.2) is 0 Å². The van der Waals surface area contributed by atoms with E-state index in [-0.39, 0.29) is 12.2 Å². The molecule has 3 unspecified atom stereocenters. The maximum absolute atomic E-state index is 12.4. The number of hydrogen-bond acceptors (Lipinski definition) is 2. The first-order valence-corrected chi connectivity index (χ1v) is 7.73. The van der Waals surface area contributed by atoms with Crippen molar-refractivity contribution >= 4 is 5.91 Å². The second kappa shape index (κ2) is 7.78. The molecule has 18 heavy (non-hydrogen) atoms. The van der Waals surface area contributed by atoms with E-state index in [1.165, 1.54) is 12.8 Å². The Morgan fingerprint density at radius 3 is 2.44 bits per heavy atom. The van der Waals surface area contributed by atoms with Crippen LogP contribution in [-0.4, -0.2) is 29.1 Å². The zero-order chi connectivity index (χ0) is 13.5. The minimum absolute atomic E-state index is 0.0685. The van der Waals surface area contributed by atoms with Crippen LogP contribution in [0.2, 0.25) is 0 Å². The molecule has 3 nitrogen and oxygen atoms in total. The molecule has 0 spiro atoms. The smallest absolute Gasteiger partial charge is 0.241 e. The van der Waals surface area contributed by atoms with Gasteiger partial charge in [-0.15, -0.1) is 0 Å². The van der Waals surface area contributed by atoms with E-state index in [4.69, 9.17) is 0 Å². The van der Waals surface area contributed by atoms with E-state index >= 15 is 0 Å². The molecule has 0 aromatic rings. The minimum Gasteiger partial charge on any atom is -0.323 e. The van der Waals surface area contributed by atoms with Gasteiger partial charge >= 0.3 is 0 Å². The van der Waals surface area contributed by atoms with E-state index in [0.29, 0.717) is 11.9 Å². The number of nitrogens with one attached hydrogen (secondary N) is 1. The summed E-state index contributed by atoms with van der Waals surface area (Å²) >= 11 is 0. The van der Waals surface area contributed by atoms with Crippen molar-refractivity contribution in [3.63, 3.8) is 0 Å². The summed E-state index contributed by atoms with van der Waals surface area (Å²) in [5.41, 5.74) is 0. The van der Waals surface area contributed by atoms with Crippen molar-refractivity contribution in [2.24, 2.45) is 0 Å². The average molecular weight is 254 g/mol. The molecular weight excluding hydrogens is 224 g/mol.